The molecule has 2 rings (SSSR count). The first-order chi connectivity index (χ1) is 9.77. The molecule has 1 aromatic rings. The Hall–Kier alpha value is -0.300. The minimum Gasteiger partial charge on any atom is -0.0888 e. The summed E-state index contributed by atoms with van der Waals surface area (Å²) in [4.78, 5) is 0.695. The van der Waals surface area contributed by atoms with Crippen molar-refractivity contribution in [3.8, 4) is 0 Å². The number of rotatable bonds is 3. The van der Waals surface area contributed by atoms with Gasteiger partial charge in [-0.1, -0.05) is 74.8 Å². The lowest BCUT2D eigenvalue weighted by Crippen LogP contribution is -2.33. The molecular weight excluding hydrogens is 320 g/mol. The Labute approximate surface area is 139 Å². The van der Waals surface area contributed by atoms with Crippen LogP contribution < -0.4 is 0 Å². The molecular formula is C20H31Br. The van der Waals surface area contributed by atoms with E-state index in [2.05, 4.69) is 74.8 Å². The number of halogens is 1. The molecule has 21 heavy (non-hydrogen) atoms. The van der Waals surface area contributed by atoms with Gasteiger partial charge in [0.1, 0.15) is 0 Å². The van der Waals surface area contributed by atoms with E-state index in [1.807, 2.05) is 0 Å². The fraction of sp³-hybridized carbons (Fsp3) is 0.700. The number of hydrogen-bond donors (Lipinski definition) is 0. The van der Waals surface area contributed by atoms with Gasteiger partial charge < -0.3 is 0 Å². The van der Waals surface area contributed by atoms with E-state index in [-0.39, 0.29) is 0 Å². The first kappa shape index (κ1) is 17.1. The molecule has 1 aliphatic rings. The predicted molar refractivity (Wildman–Crippen MR) is 97.2 cm³/mol. The monoisotopic (exact) mass is 350 g/mol. The Balaban J connectivity index is 2.03. The van der Waals surface area contributed by atoms with E-state index in [0.29, 0.717) is 16.2 Å². The maximum atomic E-state index is 3.94. The molecule has 0 N–H and O–H groups in total. The third kappa shape index (κ3) is 4.58. The molecule has 1 aromatic carbocycles. The van der Waals surface area contributed by atoms with Crippen LogP contribution in [0, 0.1) is 17.3 Å². The van der Waals surface area contributed by atoms with Crippen LogP contribution >= 0.6 is 15.9 Å². The Kier molecular flexibility index (Phi) is 5.57. The Morgan fingerprint density at radius 3 is 2.24 bits per heavy atom. The van der Waals surface area contributed by atoms with Crippen LogP contribution in [0.25, 0.3) is 0 Å². The van der Waals surface area contributed by atoms with Gasteiger partial charge in [0.15, 0.2) is 0 Å². The van der Waals surface area contributed by atoms with Crippen molar-refractivity contribution in [2.24, 2.45) is 17.3 Å². The fourth-order valence-electron chi connectivity index (χ4n) is 3.57. The van der Waals surface area contributed by atoms with E-state index >= 15 is 0 Å². The van der Waals surface area contributed by atoms with Crippen molar-refractivity contribution in [1.29, 1.82) is 0 Å². The number of hydrogen-bond acceptors (Lipinski definition) is 0. The molecule has 0 aromatic heterocycles. The molecule has 0 spiro atoms. The van der Waals surface area contributed by atoms with Crippen molar-refractivity contribution in [1.82, 2.24) is 0 Å². The fourth-order valence-corrected chi connectivity index (χ4v) is 4.23. The van der Waals surface area contributed by atoms with Crippen LogP contribution in [0.4, 0.5) is 0 Å². The zero-order valence-corrected chi connectivity index (χ0v) is 15.9. The van der Waals surface area contributed by atoms with Crippen LogP contribution in [-0.2, 0) is 6.42 Å². The van der Waals surface area contributed by atoms with E-state index in [4.69, 9.17) is 0 Å². The van der Waals surface area contributed by atoms with E-state index in [9.17, 15) is 0 Å². The summed E-state index contributed by atoms with van der Waals surface area (Å²) in [6.07, 6.45) is 5.30. The normalized spacial score (nSPS) is 27.1. The molecule has 1 fully saturated rings. The average molecular weight is 351 g/mol. The van der Waals surface area contributed by atoms with Crippen LogP contribution in [-0.4, -0.2) is 4.83 Å². The molecule has 1 heteroatoms. The average Bonchev–Trinajstić information content (AvgIpc) is 2.40. The van der Waals surface area contributed by atoms with Crippen molar-refractivity contribution in [3.63, 3.8) is 0 Å². The lowest BCUT2D eigenvalue weighted by atomic mass is 9.68. The minimum atomic E-state index is 0.451. The summed E-state index contributed by atoms with van der Waals surface area (Å²) in [5, 5.41) is 0. The van der Waals surface area contributed by atoms with E-state index in [0.717, 1.165) is 11.8 Å². The van der Waals surface area contributed by atoms with Gasteiger partial charge in [-0.2, -0.15) is 0 Å². The van der Waals surface area contributed by atoms with Crippen molar-refractivity contribution in [3.05, 3.63) is 35.4 Å². The largest absolute Gasteiger partial charge is 0.0888 e. The summed E-state index contributed by atoms with van der Waals surface area (Å²) in [5.41, 5.74) is 3.40. The van der Waals surface area contributed by atoms with Crippen molar-refractivity contribution in [2.75, 3.05) is 0 Å². The summed E-state index contributed by atoms with van der Waals surface area (Å²) in [6, 6.07) is 9.31. The molecule has 118 valence electrons. The standard InChI is InChI=1S/C20H31Br/c1-14(2)16-8-6-15(7-9-16)12-17-13-18(20(3,4)5)10-11-19(17)21/h6-9,14,17-19H,10-13H2,1-5H3. The van der Waals surface area contributed by atoms with Gasteiger partial charge in [-0.25, -0.2) is 0 Å². The van der Waals surface area contributed by atoms with Crippen LogP contribution in [0.5, 0.6) is 0 Å². The lowest BCUT2D eigenvalue weighted by molar-refractivity contribution is 0.146. The summed E-state index contributed by atoms with van der Waals surface area (Å²) in [5.74, 6) is 2.28. The molecule has 3 unspecified atom stereocenters. The molecule has 0 amide bonds. The SMILES string of the molecule is CC(C)c1ccc(CC2CC(C(C)(C)C)CCC2Br)cc1. The Bertz CT molecular complexity index is 438. The molecule has 0 aliphatic heterocycles. The second-order valence-electron chi connectivity index (χ2n) is 8.25. The molecule has 0 radical (unpaired) electrons. The zero-order chi connectivity index (χ0) is 15.6. The first-order valence-corrected chi connectivity index (χ1v) is 9.42. The summed E-state index contributed by atoms with van der Waals surface area (Å²) in [7, 11) is 0. The van der Waals surface area contributed by atoms with Gasteiger partial charge in [0, 0.05) is 4.83 Å². The molecule has 0 nitrogen and oxygen atoms in total. The maximum Gasteiger partial charge on any atom is 0.0177 e. The topological polar surface area (TPSA) is 0 Å². The van der Waals surface area contributed by atoms with Gasteiger partial charge in [0.25, 0.3) is 0 Å². The van der Waals surface area contributed by atoms with E-state index in [1.165, 1.54) is 36.8 Å². The summed E-state index contributed by atoms with van der Waals surface area (Å²) < 4.78 is 0. The van der Waals surface area contributed by atoms with Gasteiger partial charge in [-0.05, 0) is 60.0 Å². The molecule has 1 saturated carbocycles. The summed E-state index contributed by atoms with van der Waals surface area (Å²) >= 11 is 3.94. The smallest absolute Gasteiger partial charge is 0.0177 e. The molecule has 0 heterocycles. The van der Waals surface area contributed by atoms with Crippen molar-refractivity contribution >= 4 is 15.9 Å². The van der Waals surface area contributed by atoms with Gasteiger partial charge in [0.2, 0.25) is 0 Å². The van der Waals surface area contributed by atoms with Crippen molar-refractivity contribution < 1.29 is 0 Å². The van der Waals surface area contributed by atoms with Gasteiger partial charge >= 0.3 is 0 Å². The number of alkyl halides is 1. The third-order valence-corrected chi connectivity index (χ3v) is 6.46. The number of benzene rings is 1. The Morgan fingerprint density at radius 2 is 1.71 bits per heavy atom. The molecule has 0 saturated heterocycles. The highest BCUT2D eigenvalue weighted by Gasteiger charge is 2.34. The molecule has 3 atom stereocenters. The molecule has 1 aliphatic carbocycles. The highest BCUT2D eigenvalue weighted by molar-refractivity contribution is 9.09. The second-order valence-corrected chi connectivity index (χ2v) is 9.43. The highest BCUT2D eigenvalue weighted by atomic mass is 79.9. The van der Waals surface area contributed by atoms with Gasteiger partial charge in [0.05, 0.1) is 0 Å². The van der Waals surface area contributed by atoms with Crippen molar-refractivity contribution in [2.45, 2.75) is 71.0 Å². The zero-order valence-electron chi connectivity index (χ0n) is 14.3. The predicted octanol–water partition coefficient (Wildman–Crippen LogP) is 6.58. The first-order valence-electron chi connectivity index (χ1n) is 8.50. The van der Waals surface area contributed by atoms with Crippen LogP contribution in [0.3, 0.4) is 0 Å². The van der Waals surface area contributed by atoms with Crippen LogP contribution in [0.2, 0.25) is 0 Å². The van der Waals surface area contributed by atoms with Crippen LogP contribution in [0.1, 0.15) is 70.9 Å². The van der Waals surface area contributed by atoms with E-state index in [1.54, 1.807) is 0 Å². The third-order valence-electron chi connectivity index (χ3n) is 5.26. The van der Waals surface area contributed by atoms with Gasteiger partial charge in [-0.15, -0.1) is 0 Å². The Morgan fingerprint density at radius 1 is 1.10 bits per heavy atom. The van der Waals surface area contributed by atoms with Gasteiger partial charge in [-0.3, -0.25) is 0 Å². The van der Waals surface area contributed by atoms with E-state index < -0.39 is 0 Å². The quantitative estimate of drug-likeness (QED) is 0.540. The maximum absolute atomic E-state index is 3.94. The minimum absolute atomic E-state index is 0.451. The van der Waals surface area contributed by atoms with Crippen LogP contribution in [0.15, 0.2) is 24.3 Å². The molecule has 0 bridgehead atoms. The lowest BCUT2D eigenvalue weighted by Gasteiger charge is -2.40. The highest BCUT2D eigenvalue weighted by Crippen LogP contribution is 2.43. The summed E-state index contributed by atoms with van der Waals surface area (Å²) in [6.45, 7) is 11.7. The second kappa shape index (κ2) is 6.86.